The number of ether oxygens (including phenoxy) is 2. The molecule has 2 aliphatic heterocycles. The van der Waals surface area contributed by atoms with Crippen molar-refractivity contribution in [1.82, 2.24) is 4.31 Å². The van der Waals surface area contributed by atoms with Crippen molar-refractivity contribution in [2.45, 2.75) is 80.6 Å². The average Bonchev–Trinajstić information content (AvgIpc) is 3.11. The lowest BCUT2D eigenvalue weighted by Crippen LogP contribution is -2.49. The van der Waals surface area contributed by atoms with E-state index >= 15 is 0 Å². The molecule has 0 spiro atoms. The summed E-state index contributed by atoms with van der Waals surface area (Å²) in [4.78, 5) is 0. The second kappa shape index (κ2) is 7.55. The Morgan fingerprint density at radius 1 is 0.852 bits per heavy atom. The monoisotopic (exact) mass is 421 g/mol. The fourth-order valence-corrected chi connectivity index (χ4v) is 9.42. The predicted octanol–water partition coefficient (Wildman–Crippen LogP) is 1.33. The Balaban J connectivity index is 1.43. The number of rotatable bonds is 4. The van der Waals surface area contributed by atoms with Gasteiger partial charge in [0.1, 0.15) is 0 Å². The van der Waals surface area contributed by atoms with E-state index in [1.807, 2.05) is 0 Å². The molecule has 2 saturated heterocycles. The largest absolute Gasteiger partial charge is 0.373 e. The Bertz CT molecular complexity index is 752. The summed E-state index contributed by atoms with van der Waals surface area (Å²) in [5.74, 6) is 0.287. The van der Waals surface area contributed by atoms with E-state index in [-0.39, 0.29) is 40.4 Å². The van der Waals surface area contributed by atoms with Crippen LogP contribution in [0.15, 0.2) is 0 Å². The lowest BCUT2D eigenvalue weighted by Gasteiger charge is -2.41. The first-order valence-corrected chi connectivity index (χ1v) is 13.5. The molecule has 0 N–H and O–H groups in total. The van der Waals surface area contributed by atoms with E-state index in [9.17, 15) is 16.8 Å². The van der Waals surface area contributed by atoms with E-state index in [2.05, 4.69) is 0 Å². The molecule has 0 aromatic carbocycles. The fraction of sp³-hybridized carbons (Fsp3) is 1.00. The van der Waals surface area contributed by atoms with Gasteiger partial charge in [0.05, 0.1) is 41.7 Å². The number of fused-ring (bicyclic) bond motifs is 2. The second-order valence-electron chi connectivity index (χ2n) is 8.41. The molecule has 0 aromatic rings. The normalized spacial score (nSPS) is 41.1. The van der Waals surface area contributed by atoms with Gasteiger partial charge in [-0.15, -0.1) is 0 Å². The van der Waals surface area contributed by atoms with Gasteiger partial charge in [-0.25, -0.2) is 16.8 Å². The van der Waals surface area contributed by atoms with Crippen LogP contribution in [0.25, 0.3) is 0 Å². The van der Waals surface area contributed by atoms with Gasteiger partial charge >= 0.3 is 0 Å². The maximum Gasteiger partial charge on any atom is 0.214 e. The second-order valence-corrected chi connectivity index (χ2v) is 13.1. The summed E-state index contributed by atoms with van der Waals surface area (Å²) in [6.07, 6.45) is 4.49. The van der Waals surface area contributed by atoms with Gasteiger partial charge in [-0.2, -0.15) is 4.31 Å². The summed E-state index contributed by atoms with van der Waals surface area (Å²) in [5, 5.41) is -0.687. The molecular weight excluding hydrogens is 390 g/mol. The molecule has 9 heteroatoms. The Morgan fingerprint density at radius 2 is 1.52 bits per heavy atom. The summed E-state index contributed by atoms with van der Waals surface area (Å²) in [7, 11) is -6.44. The van der Waals surface area contributed by atoms with Crippen molar-refractivity contribution in [3.05, 3.63) is 0 Å². The van der Waals surface area contributed by atoms with Crippen molar-refractivity contribution in [2.75, 3.05) is 25.5 Å². The topological polar surface area (TPSA) is 90.0 Å². The molecule has 0 radical (unpaired) electrons. The third-order valence-corrected chi connectivity index (χ3v) is 11.7. The van der Waals surface area contributed by atoms with Crippen LogP contribution in [-0.2, 0) is 29.3 Å². The summed E-state index contributed by atoms with van der Waals surface area (Å²) in [6, 6.07) is -0.00721. The van der Waals surface area contributed by atoms with Gasteiger partial charge in [0.25, 0.3) is 0 Å². The van der Waals surface area contributed by atoms with Crippen molar-refractivity contribution in [3.8, 4) is 0 Å². The maximum atomic E-state index is 13.3. The highest BCUT2D eigenvalue weighted by Crippen LogP contribution is 2.42. The molecule has 4 aliphatic rings. The molecule has 0 aromatic heterocycles. The highest BCUT2D eigenvalue weighted by atomic mass is 32.2. The average molecular weight is 422 g/mol. The van der Waals surface area contributed by atoms with E-state index < -0.39 is 19.9 Å². The Hall–Kier alpha value is -0.220. The molecule has 2 saturated carbocycles. The molecule has 2 aliphatic carbocycles. The Labute approximate surface area is 162 Å². The molecule has 4 fully saturated rings. The van der Waals surface area contributed by atoms with Crippen LogP contribution in [0.5, 0.6) is 0 Å². The van der Waals surface area contributed by atoms with E-state index in [1.165, 1.54) is 0 Å². The van der Waals surface area contributed by atoms with Crippen LogP contribution in [-0.4, -0.2) is 75.4 Å². The van der Waals surface area contributed by atoms with E-state index in [0.29, 0.717) is 51.9 Å². The number of nitrogens with zero attached hydrogens (tertiary/aromatic N) is 1. The number of hydrogen-bond donors (Lipinski definition) is 0. The summed E-state index contributed by atoms with van der Waals surface area (Å²) in [5.41, 5.74) is 0. The van der Waals surface area contributed by atoms with Gasteiger partial charge < -0.3 is 9.47 Å². The molecule has 0 bridgehead atoms. The molecular formula is C18H31NO6S2. The van der Waals surface area contributed by atoms with Gasteiger partial charge in [0.15, 0.2) is 9.84 Å². The SMILES string of the molecule is CCS(=O)(=O)N1CCC2CC(S(=O)(=O)C3CCC4OCCOC4C3)CCC21. The van der Waals surface area contributed by atoms with E-state index in [4.69, 9.17) is 9.47 Å². The summed E-state index contributed by atoms with van der Waals surface area (Å²) in [6.45, 7) is 3.35. The lowest BCUT2D eigenvalue weighted by atomic mass is 9.85. The fourth-order valence-electron chi connectivity index (χ4n) is 5.56. The number of sulfone groups is 1. The summed E-state index contributed by atoms with van der Waals surface area (Å²) < 4.78 is 64.3. The molecule has 2 heterocycles. The first-order valence-electron chi connectivity index (χ1n) is 10.3. The third-order valence-electron chi connectivity index (χ3n) is 7.07. The van der Waals surface area contributed by atoms with Crippen molar-refractivity contribution < 1.29 is 26.3 Å². The molecule has 0 amide bonds. The van der Waals surface area contributed by atoms with Gasteiger partial charge in [-0.1, -0.05) is 0 Å². The van der Waals surface area contributed by atoms with Crippen LogP contribution in [0.4, 0.5) is 0 Å². The standard InChI is InChI=1S/C18H31NO6S2/c1-2-26(20,21)19-8-7-13-11-14(3-5-16(13)19)27(22,23)15-4-6-17-18(12-15)25-10-9-24-17/h13-18H,2-12H2,1H3. The lowest BCUT2D eigenvalue weighted by molar-refractivity contribution is -0.153. The molecule has 6 unspecified atom stereocenters. The minimum atomic E-state index is -3.24. The van der Waals surface area contributed by atoms with Crippen molar-refractivity contribution in [1.29, 1.82) is 0 Å². The van der Waals surface area contributed by atoms with E-state index in [0.717, 1.165) is 12.8 Å². The van der Waals surface area contributed by atoms with Crippen molar-refractivity contribution in [3.63, 3.8) is 0 Å². The first kappa shape index (κ1) is 20.1. The minimum absolute atomic E-state index is 0.00721. The van der Waals surface area contributed by atoms with Gasteiger partial charge in [0.2, 0.25) is 10.0 Å². The molecule has 27 heavy (non-hydrogen) atoms. The Kier molecular flexibility index (Phi) is 5.61. The Morgan fingerprint density at radius 3 is 2.26 bits per heavy atom. The van der Waals surface area contributed by atoms with E-state index in [1.54, 1.807) is 11.2 Å². The highest BCUT2D eigenvalue weighted by Gasteiger charge is 2.48. The molecule has 4 rings (SSSR count). The predicted molar refractivity (Wildman–Crippen MR) is 102 cm³/mol. The van der Waals surface area contributed by atoms with Crippen molar-refractivity contribution >= 4 is 19.9 Å². The molecule has 6 atom stereocenters. The molecule has 7 nitrogen and oxygen atoms in total. The minimum Gasteiger partial charge on any atom is -0.373 e. The van der Waals surface area contributed by atoms with Crippen LogP contribution >= 0.6 is 0 Å². The summed E-state index contributed by atoms with van der Waals surface area (Å²) >= 11 is 0. The maximum absolute atomic E-state index is 13.3. The van der Waals surface area contributed by atoms with Crippen LogP contribution in [0.3, 0.4) is 0 Å². The van der Waals surface area contributed by atoms with Crippen molar-refractivity contribution in [2.24, 2.45) is 5.92 Å². The van der Waals surface area contributed by atoms with Gasteiger partial charge in [-0.3, -0.25) is 0 Å². The van der Waals surface area contributed by atoms with Gasteiger partial charge in [0, 0.05) is 12.6 Å². The highest BCUT2D eigenvalue weighted by molar-refractivity contribution is 7.92. The zero-order valence-corrected chi connectivity index (χ0v) is 17.6. The zero-order valence-electron chi connectivity index (χ0n) is 16.0. The first-order chi connectivity index (χ1) is 12.8. The third kappa shape index (κ3) is 3.70. The number of sulfonamides is 1. The quantitative estimate of drug-likeness (QED) is 0.680. The van der Waals surface area contributed by atoms with Crippen LogP contribution in [0.1, 0.15) is 51.9 Å². The van der Waals surface area contributed by atoms with Crippen LogP contribution in [0.2, 0.25) is 0 Å². The van der Waals surface area contributed by atoms with Gasteiger partial charge in [-0.05, 0) is 57.8 Å². The van der Waals surface area contributed by atoms with Crippen LogP contribution < -0.4 is 0 Å². The van der Waals surface area contributed by atoms with Crippen LogP contribution in [0, 0.1) is 5.92 Å². The smallest absolute Gasteiger partial charge is 0.214 e. The number of hydrogen-bond acceptors (Lipinski definition) is 6. The molecule has 156 valence electrons. The zero-order chi connectivity index (χ0) is 19.2.